The number of amides is 1. The fourth-order valence-electron chi connectivity index (χ4n) is 2.57. The number of morpholine rings is 1. The van der Waals surface area contributed by atoms with Crippen molar-refractivity contribution >= 4 is 23.2 Å². The van der Waals surface area contributed by atoms with Crippen molar-refractivity contribution in [1.82, 2.24) is 20.3 Å². The molecule has 26 heavy (non-hydrogen) atoms. The Kier molecular flexibility index (Phi) is 6.18. The van der Waals surface area contributed by atoms with E-state index in [2.05, 4.69) is 31.0 Å². The van der Waals surface area contributed by atoms with Gasteiger partial charge in [-0.3, -0.25) is 20.5 Å². The number of rotatable bonds is 7. The summed E-state index contributed by atoms with van der Waals surface area (Å²) in [5, 5.41) is 3.21. The third kappa shape index (κ3) is 4.80. The Balaban J connectivity index is 1.52. The molecule has 1 aromatic heterocycles. The van der Waals surface area contributed by atoms with E-state index < -0.39 is 0 Å². The van der Waals surface area contributed by atoms with Crippen molar-refractivity contribution in [3.8, 4) is 0 Å². The molecular formula is C17H23N7O2. The Morgan fingerprint density at radius 1 is 1.15 bits per heavy atom. The molecule has 5 N–H and O–H groups in total. The van der Waals surface area contributed by atoms with E-state index in [-0.39, 0.29) is 5.91 Å². The molecular weight excluding hydrogens is 334 g/mol. The second kappa shape index (κ2) is 8.97. The third-order valence-corrected chi connectivity index (χ3v) is 4.04. The number of nitrogens with zero attached hydrogens (tertiary/aromatic N) is 3. The summed E-state index contributed by atoms with van der Waals surface area (Å²) in [5.74, 6) is 0.605. The molecule has 3 rings (SSSR count). The van der Waals surface area contributed by atoms with Gasteiger partial charge in [-0.1, -0.05) is 18.2 Å². The van der Waals surface area contributed by atoms with Gasteiger partial charge in [0.1, 0.15) is 12.0 Å². The topological polar surface area (TPSA) is 117 Å². The van der Waals surface area contributed by atoms with Gasteiger partial charge in [0.05, 0.1) is 13.2 Å². The number of hydrazine groups is 1. The maximum absolute atomic E-state index is 12.1. The summed E-state index contributed by atoms with van der Waals surface area (Å²) in [6.45, 7) is 4.98. The average molecular weight is 357 g/mol. The maximum Gasteiger partial charge on any atom is 0.269 e. The van der Waals surface area contributed by atoms with Gasteiger partial charge in [0.25, 0.3) is 5.91 Å². The van der Waals surface area contributed by atoms with E-state index in [4.69, 9.17) is 10.5 Å². The number of nitrogen functional groups attached to an aromatic ring is 1. The fourth-order valence-corrected chi connectivity index (χ4v) is 2.57. The summed E-state index contributed by atoms with van der Waals surface area (Å²) in [6, 6.07) is 8.88. The van der Waals surface area contributed by atoms with Gasteiger partial charge in [-0.15, -0.1) is 0 Å². The van der Waals surface area contributed by atoms with Crippen molar-refractivity contribution in [3.63, 3.8) is 0 Å². The zero-order chi connectivity index (χ0) is 18.2. The number of aromatic nitrogens is 2. The van der Waals surface area contributed by atoms with E-state index in [0.717, 1.165) is 32.8 Å². The average Bonchev–Trinajstić information content (AvgIpc) is 2.69. The molecule has 1 aliphatic heterocycles. The predicted octanol–water partition coefficient (Wildman–Crippen LogP) is 0.560. The van der Waals surface area contributed by atoms with Crippen LogP contribution >= 0.6 is 0 Å². The summed E-state index contributed by atoms with van der Waals surface area (Å²) in [7, 11) is 0. The van der Waals surface area contributed by atoms with Crippen molar-refractivity contribution in [3.05, 3.63) is 42.2 Å². The van der Waals surface area contributed by atoms with E-state index in [1.165, 1.54) is 6.33 Å². The molecule has 1 saturated heterocycles. The second-order valence-electron chi connectivity index (χ2n) is 5.81. The normalized spacial score (nSPS) is 14.6. The molecule has 0 spiro atoms. The smallest absolute Gasteiger partial charge is 0.269 e. The number of anilines is 3. The third-order valence-electron chi connectivity index (χ3n) is 4.04. The van der Waals surface area contributed by atoms with Crippen LogP contribution in [0.3, 0.4) is 0 Å². The van der Waals surface area contributed by atoms with Crippen LogP contribution in [-0.4, -0.2) is 60.2 Å². The van der Waals surface area contributed by atoms with Crippen molar-refractivity contribution < 1.29 is 9.53 Å². The molecule has 1 fully saturated rings. The van der Waals surface area contributed by atoms with Crippen LogP contribution in [0.15, 0.2) is 36.7 Å². The van der Waals surface area contributed by atoms with Crippen LogP contribution in [-0.2, 0) is 4.74 Å². The first-order valence-electron chi connectivity index (χ1n) is 8.50. The highest BCUT2D eigenvalue weighted by Gasteiger charge is 2.12. The quantitative estimate of drug-likeness (QED) is 0.531. The van der Waals surface area contributed by atoms with Crippen LogP contribution in [0.5, 0.6) is 0 Å². The first kappa shape index (κ1) is 17.9. The minimum Gasteiger partial charge on any atom is -0.393 e. The lowest BCUT2D eigenvalue weighted by atomic mass is 10.2. The number of ether oxygens (including phenoxy) is 1. The molecule has 0 unspecified atom stereocenters. The molecule has 138 valence electrons. The number of nitrogens with two attached hydrogens (primary N) is 1. The molecule has 0 atom stereocenters. The lowest BCUT2D eigenvalue weighted by Gasteiger charge is -2.26. The monoisotopic (exact) mass is 357 g/mol. The molecule has 0 bridgehead atoms. The van der Waals surface area contributed by atoms with Gasteiger partial charge in [0, 0.05) is 31.7 Å². The minimum absolute atomic E-state index is 0.273. The summed E-state index contributed by atoms with van der Waals surface area (Å²) >= 11 is 0. The van der Waals surface area contributed by atoms with Crippen LogP contribution in [0.25, 0.3) is 0 Å². The maximum atomic E-state index is 12.1. The highest BCUT2D eigenvalue weighted by atomic mass is 16.5. The van der Waals surface area contributed by atoms with Crippen LogP contribution in [0.2, 0.25) is 0 Å². The Hall–Kier alpha value is -2.91. The van der Waals surface area contributed by atoms with E-state index in [1.54, 1.807) is 24.3 Å². The molecule has 2 heterocycles. The highest BCUT2D eigenvalue weighted by molar-refractivity contribution is 5.95. The lowest BCUT2D eigenvalue weighted by Crippen LogP contribution is -2.39. The van der Waals surface area contributed by atoms with Crippen LogP contribution in [0, 0.1) is 0 Å². The number of hydrogen-bond donors (Lipinski definition) is 4. The van der Waals surface area contributed by atoms with E-state index in [1.807, 2.05) is 6.07 Å². The molecule has 9 nitrogen and oxygen atoms in total. The van der Waals surface area contributed by atoms with Crippen LogP contribution in [0.1, 0.15) is 10.4 Å². The van der Waals surface area contributed by atoms with Gasteiger partial charge in [-0.2, -0.15) is 0 Å². The van der Waals surface area contributed by atoms with E-state index >= 15 is 0 Å². The van der Waals surface area contributed by atoms with Crippen molar-refractivity contribution in [1.29, 1.82) is 0 Å². The standard InChI is InChI=1S/C17H23N7O2/c18-14-15(19-6-7-24-8-10-26-11-9-24)20-12-21-16(14)22-23-17(25)13-4-2-1-3-5-13/h1-5,12H,6-11,18H2,(H,23,25)(H2,19,20,21,22). The molecule has 1 amide bonds. The molecule has 2 aromatic rings. The first-order valence-corrected chi connectivity index (χ1v) is 8.50. The zero-order valence-corrected chi connectivity index (χ0v) is 14.4. The van der Waals surface area contributed by atoms with Gasteiger partial charge in [0.15, 0.2) is 11.6 Å². The molecule has 0 radical (unpaired) electrons. The first-order chi connectivity index (χ1) is 12.7. The fraction of sp³-hybridized carbons (Fsp3) is 0.353. The zero-order valence-electron chi connectivity index (χ0n) is 14.4. The number of hydrogen-bond acceptors (Lipinski definition) is 8. The van der Waals surface area contributed by atoms with Crippen LogP contribution < -0.4 is 21.9 Å². The highest BCUT2D eigenvalue weighted by Crippen LogP contribution is 2.21. The predicted molar refractivity (Wildman–Crippen MR) is 99.7 cm³/mol. The second-order valence-corrected chi connectivity index (χ2v) is 5.81. The lowest BCUT2D eigenvalue weighted by molar-refractivity contribution is 0.0398. The Morgan fingerprint density at radius 3 is 2.65 bits per heavy atom. The Bertz CT molecular complexity index is 720. The number of carbonyl (C=O) groups excluding carboxylic acids is 1. The molecule has 1 aromatic carbocycles. The number of carbonyl (C=O) groups is 1. The van der Waals surface area contributed by atoms with Crippen LogP contribution in [0.4, 0.5) is 17.3 Å². The van der Waals surface area contributed by atoms with Gasteiger partial charge >= 0.3 is 0 Å². The van der Waals surface area contributed by atoms with Gasteiger partial charge in [-0.05, 0) is 12.1 Å². The summed E-state index contributed by atoms with van der Waals surface area (Å²) in [6.07, 6.45) is 1.39. The summed E-state index contributed by atoms with van der Waals surface area (Å²) < 4.78 is 5.33. The molecule has 0 saturated carbocycles. The Labute approximate surface area is 151 Å². The number of benzene rings is 1. The SMILES string of the molecule is Nc1c(NCCN2CCOCC2)ncnc1NNC(=O)c1ccccc1. The van der Waals surface area contributed by atoms with Crippen molar-refractivity contribution in [2.75, 3.05) is 55.9 Å². The van der Waals surface area contributed by atoms with E-state index in [0.29, 0.717) is 29.4 Å². The minimum atomic E-state index is -0.273. The molecule has 1 aliphatic rings. The van der Waals surface area contributed by atoms with Crippen molar-refractivity contribution in [2.24, 2.45) is 0 Å². The largest absolute Gasteiger partial charge is 0.393 e. The Morgan fingerprint density at radius 2 is 1.88 bits per heavy atom. The molecule has 0 aliphatic carbocycles. The van der Waals surface area contributed by atoms with E-state index in [9.17, 15) is 4.79 Å². The summed E-state index contributed by atoms with van der Waals surface area (Å²) in [4.78, 5) is 22.6. The van der Waals surface area contributed by atoms with Gasteiger partial charge < -0.3 is 15.8 Å². The summed E-state index contributed by atoms with van der Waals surface area (Å²) in [5.41, 5.74) is 12.3. The molecule has 9 heteroatoms. The number of nitrogens with one attached hydrogen (secondary N) is 3. The van der Waals surface area contributed by atoms with Crippen molar-refractivity contribution in [2.45, 2.75) is 0 Å². The van der Waals surface area contributed by atoms with Gasteiger partial charge in [-0.25, -0.2) is 9.97 Å². The van der Waals surface area contributed by atoms with Gasteiger partial charge in [0.2, 0.25) is 0 Å².